The van der Waals surface area contributed by atoms with E-state index in [4.69, 9.17) is 9.73 Å². The minimum atomic E-state index is 0.458. The number of ether oxygens (including phenoxy) is 1. The summed E-state index contributed by atoms with van der Waals surface area (Å²) in [6.07, 6.45) is 0. The van der Waals surface area contributed by atoms with E-state index in [9.17, 15) is 0 Å². The van der Waals surface area contributed by atoms with Gasteiger partial charge in [-0.1, -0.05) is 0 Å². The number of methoxy groups -OCH3 is 1. The number of hydrogen-bond donors (Lipinski definition) is 1. The van der Waals surface area contributed by atoms with Crippen LogP contribution in [0.25, 0.3) is 0 Å². The van der Waals surface area contributed by atoms with Crippen molar-refractivity contribution in [3.63, 3.8) is 0 Å². The topological polar surface area (TPSA) is 70.8 Å². The minimum Gasteiger partial charge on any atom is -0.383 e. The van der Waals surface area contributed by atoms with Crippen LogP contribution in [-0.4, -0.2) is 82.5 Å². The van der Waals surface area contributed by atoms with Gasteiger partial charge in [0.05, 0.1) is 6.61 Å². The Morgan fingerprint density at radius 2 is 1.96 bits per heavy atom. The number of hydrogen-bond acceptors (Lipinski definition) is 5. The minimum absolute atomic E-state index is 0.458. The van der Waals surface area contributed by atoms with E-state index in [-0.39, 0.29) is 0 Å². The molecule has 1 saturated heterocycles. The van der Waals surface area contributed by atoms with Crippen molar-refractivity contribution in [2.45, 2.75) is 46.3 Å². The van der Waals surface area contributed by atoms with E-state index in [1.807, 2.05) is 18.5 Å². The Balaban J connectivity index is 2.07. The number of guanidine groups is 1. The summed E-state index contributed by atoms with van der Waals surface area (Å²) in [6.45, 7) is 13.6. The molecule has 0 amide bonds. The van der Waals surface area contributed by atoms with Crippen molar-refractivity contribution in [1.82, 2.24) is 29.9 Å². The molecule has 0 spiro atoms. The highest BCUT2D eigenvalue weighted by atomic mass is 16.5. The third-order valence-electron chi connectivity index (χ3n) is 4.84. The molecule has 0 saturated carbocycles. The van der Waals surface area contributed by atoms with Crippen LogP contribution in [0.5, 0.6) is 0 Å². The lowest BCUT2D eigenvalue weighted by atomic mass is 10.1. The molecule has 142 valence electrons. The van der Waals surface area contributed by atoms with Crippen LogP contribution in [0.15, 0.2) is 4.99 Å². The van der Waals surface area contributed by atoms with E-state index < -0.39 is 0 Å². The van der Waals surface area contributed by atoms with Gasteiger partial charge in [0.25, 0.3) is 0 Å². The third kappa shape index (κ3) is 4.92. The average Bonchev–Trinajstić information content (AvgIpc) is 2.89. The first-order chi connectivity index (χ1) is 12.0. The van der Waals surface area contributed by atoms with E-state index in [0.29, 0.717) is 18.6 Å². The second kappa shape index (κ2) is 9.15. The predicted octanol–water partition coefficient (Wildman–Crippen LogP) is 0.630. The molecule has 1 aliphatic heterocycles. The van der Waals surface area contributed by atoms with Gasteiger partial charge in [-0.2, -0.15) is 0 Å². The summed E-state index contributed by atoms with van der Waals surface area (Å²) in [7, 11) is 3.74. The largest absolute Gasteiger partial charge is 0.383 e. The molecule has 1 aromatic heterocycles. The van der Waals surface area contributed by atoms with Gasteiger partial charge in [-0.15, -0.1) is 10.2 Å². The zero-order chi connectivity index (χ0) is 18.4. The van der Waals surface area contributed by atoms with Crippen LogP contribution in [-0.2, 0) is 18.3 Å². The van der Waals surface area contributed by atoms with Crippen LogP contribution in [0.1, 0.15) is 32.4 Å². The smallest absolute Gasteiger partial charge is 0.194 e. The van der Waals surface area contributed by atoms with Gasteiger partial charge in [-0.3, -0.25) is 4.90 Å². The van der Waals surface area contributed by atoms with Gasteiger partial charge in [0.2, 0.25) is 0 Å². The van der Waals surface area contributed by atoms with Crippen LogP contribution in [0.2, 0.25) is 0 Å². The Morgan fingerprint density at radius 1 is 1.28 bits per heavy atom. The number of piperazine rings is 1. The number of aliphatic imine (C=N–C) groups is 1. The Kier molecular flexibility index (Phi) is 7.19. The summed E-state index contributed by atoms with van der Waals surface area (Å²) in [4.78, 5) is 9.66. The molecule has 2 atom stereocenters. The van der Waals surface area contributed by atoms with Crippen molar-refractivity contribution in [2.24, 2.45) is 12.0 Å². The quantitative estimate of drug-likeness (QED) is 0.599. The third-order valence-corrected chi connectivity index (χ3v) is 4.84. The van der Waals surface area contributed by atoms with E-state index in [1.54, 1.807) is 7.11 Å². The average molecular weight is 351 g/mol. The van der Waals surface area contributed by atoms with Crippen molar-refractivity contribution in [3.05, 3.63) is 11.6 Å². The van der Waals surface area contributed by atoms with Crippen molar-refractivity contribution in [1.29, 1.82) is 0 Å². The highest BCUT2D eigenvalue weighted by Crippen LogP contribution is 2.16. The standard InChI is InChI=1S/C17H33N7O/c1-7-18-17(19-10-16-21-20-15(4)22(16)5)23-11-13(2)24(8-9-25-6)14(3)12-23/h13-14H,7-12H2,1-6H3,(H,18,19). The fourth-order valence-corrected chi connectivity index (χ4v) is 3.33. The fourth-order valence-electron chi connectivity index (χ4n) is 3.33. The summed E-state index contributed by atoms with van der Waals surface area (Å²) in [5, 5.41) is 11.7. The lowest BCUT2D eigenvalue weighted by Crippen LogP contribution is -2.60. The van der Waals surface area contributed by atoms with Gasteiger partial charge in [0, 0.05) is 52.4 Å². The first-order valence-electron chi connectivity index (χ1n) is 9.10. The van der Waals surface area contributed by atoms with E-state index in [0.717, 1.165) is 50.4 Å². The van der Waals surface area contributed by atoms with Crippen LogP contribution < -0.4 is 5.32 Å². The summed E-state index contributed by atoms with van der Waals surface area (Å²) in [5.74, 6) is 2.74. The lowest BCUT2D eigenvalue weighted by Gasteiger charge is -2.45. The maximum Gasteiger partial charge on any atom is 0.194 e. The molecule has 1 fully saturated rings. The van der Waals surface area contributed by atoms with Crippen LogP contribution in [0.4, 0.5) is 0 Å². The van der Waals surface area contributed by atoms with E-state index in [1.165, 1.54) is 0 Å². The number of rotatable bonds is 6. The number of aryl methyl sites for hydroxylation is 1. The summed E-state index contributed by atoms with van der Waals surface area (Å²) in [5.41, 5.74) is 0. The molecule has 0 aliphatic carbocycles. The molecule has 0 bridgehead atoms. The molecule has 8 heteroatoms. The van der Waals surface area contributed by atoms with Crippen molar-refractivity contribution < 1.29 is 4.74 Å². The number of aromatic nitrogens is 3. The zero-order valence-corrected chi connectivity index (χ0v) is 16.5. The van der Waals surface area contributed by atoms with E-state index in [2.05, 4.69) is 46.1 Å². The molecule has 1 N–H and O–H groups in total. The molecule has 2 heterocycles. The molecule has 2 rings (SSSR count). The second-order valence-corrected chi connectivity index (χ2v) is 6.73. The molecule has 1 aliphatic rings. The van der Waals surface area contributed by atoms with Crippen LogP contribution in [0.3, 0.4) is 0 Å². The van der Waals surface area contributed by atoms with Gasteiger partial charge in [-0.05, 0) is 27.7 Å². The second-order valence-electron chi connectivity index (χ2n) is 6.73. The Morgan fingerprint density at radius 3 is 2.48 bits per heavy atom. The Labute approximate surface area is 151 Å². The van der Waals surface area contributed by atoms with Crippen molar-refractivity contribution in [3.8, 4) is 0 Å². The monoisotopic (exact) mass is 351 g/mol. The summed E-state index contributed by atoms with van der Waals surface area (Å²) in [6, 6.07) is 0.916. The Bertz CT molecular complexity index is 559. The highest BCUT2D eigenvalue weighted by molar-refractivity contribution is 5.80. The Hall–Kier alpha value is -1.67. The van der Waals surface area contributed by atoms with Gasteiger partial charge in [0.1, 0.15) is 12.4 Å². The first kappa shape index (κ1) is 19.7. The van der Waals surface area contributed by atoms with Gasteiger partial charge < -0.3 is 19.5 Å². The molecule has 0 radical (unpaired) electrons. The SMILES string of the molecule is CCNC(=NCc1nnc(C)n1C)N1CC(C)N(CCOC)C(C)C1. The molecule has 1 aromatic rings. The fraction of sp³-hybridized carbons (Fsp3) is 0.824. The highest BCUT2D eigenvalue weighted by Gasteiger charge is 2.30. The zero-order valence-electron chi connectivity index (χ0n) is 16.5. The molecule has 8 nitrogen and oxygen atoms in total. The number of nitrogens with zero attached hydrogens (tertiary/aromatic N) is 6. The van der Waals surface area contributed by atoms with Gasteiger partial charge in [0.15, 0.2) is 11.8 Å². The normalized spacial score (nSPS) is 22.5. The lowest BCUT2D eigenvalue weighted by molar-refractivity contribution is 0.0443. The van der Waals surface area contributed by atoms with Crippen molar-refractivity contribution in [2.75, 3.05) is 39.9 Å². The molecular formula is C17H33N7O. The first-order valence-corrected chi connectivity index (χ1v) is 9.10. The summed E-state index contributed by atoms with van der Waals surface area (Å²) >= 11 is 0. The van der Waals surface area contributed by atoms with Gasteiger partial charge >= 0.3 is 0 Å². The summed E-state index contributed by atoms with van der Waals surface area (Å²) < 4.78 is 7.24. The molecule has 2 unspecified atom stereocenters. The predicted molar refractivity (Wildman–Crippen MR) is 99.6 cm³/mol. The van der Waals surface area contributed by atoms with Gasteiger partial charge in [-0.25, -0.2) is 4.99 Å². The number of nitrogens with one attached hydrogen (secondary N) is 1. The maximum atomic E-state index is 5.25. The van der Waals surface area contributed by atoms with Crippen LogP contribution >= 0.6 is 0 Å². The molecular weight excluding hydrogens is 318 g/mol. The van der Waals surface area contributed by atoms with E-state index >= 15 is 0 Å². The molecule has 25 heavy (non-hydrogen) atoms. The van der Waals surface area contributed by atoms with Crippen molar-refractivity contribution >= 4 is 5.96 Å². The van der Waals surface area contributed by atoms with Crippen LogP contribution in [0, 0.1) is 6.92 Å². The maximum absolute atomic E-state index is 5.25. The molecule has 0 aromatic carbocycles.